The van der Waals surface area contributed by atoms with Crippen LogP contribution in [-0.2, 0) is 16.8 Å². The molecule has 3 heterocycles. The molecule has 2 bridgehead atoms. The first-order valence-electron chi connectivity index (χ1n) is 15.8. The van der Waals surface area contributed by atoms with Crippen LogP contribution in [0.4, 0.5) is 5.82 Å². The Kier molecular flexibility index (Phi) is 7.69. The average molecular weight is 622 g/mol. The lowest BCUT2D eigenvalue weighted by molar-refractivity contribution is -0.128. The second-order valence-corrected chi connectivity index (χ2v) is 13.0. The van der Waals surface area contributed by atoms with E-state index in [0.29, 0.717) is 42.9 Å². The number of benzene rings is 2. The molecule has 0 radical (unpaired) electrons. The molecule has 12 nitrogen and oxygen atoms in total. The van der Waals surface area contributed by atoms with Crippen molar-refractivity contribution in [3.8, 4) is 5.75 Å². The number of nitrogens with two attached hydrogens (primary N) is 2. The van der Waals surface area contributed by atoms with Gasteiger partial charge in [-0.2, -0.15) is 5.10 Å². The number of aliphatic hydroxyl groups excluding tert-OH is 1. The van der Waals surface area contributed by atoms with E-state index in [1.165, 1.54) is 5.56 Å². The van der Waals surface area contributed by atoms with Gasteiger partial charge < -0.3 is 21.7 Å². The monoisotopic (exact) mass is 621 g/mol. The minimum Gasteiger partial charge on any atom is -0.508 e. The molecular weight excluding hydrogens is 582 g/mol. The molecule has 1 amide bonds. The van der Waals surface area contributed by atoms with E-state index in [1.54, 1.807) is 12.1 Å². The molecule has 3 aliphatic rings. The number of pyridine rings is 1. The SMILES string of the molecule is NC(=O)CN(CCC(c1cnn(Cc2cccc(O)c2)c1)c1cc(N)nc2[nH]nnc12)C12CCC(c3ccccc3)(CC1)[C@H](O)C2. The number of aromatic amines is 1. The third kappa shape index (κ3) is 5.47. The van der Waals surface area contributed by atoms with Gasteiger partial charge in [0.25, 0.3) is 0 Å². The number of amides is 1. The van der Waals surface area contributed by atoms with Crippen molar-refractivity contribution in [3.05, 3.63) is 95.3 Å². The normalized spacial score (nSPS) is 23.2. The molecule has 2 aromatic carbocycles. The predicted molar refractivity (Wildman–Crippen MR) is 173 cm³/mol. The van der Waals surface area contributed by atoms with Crippen molar-refractivity contribution in [2.45, 2.75) is 68.0 Å². The molecule has 0 aliphatic heterocycles. The highest BCUT2D eigenvalue weighted by molar-refractivity contribution is 5.77. The number of phenolic OH excluding ortho intramolecular Hbond substituents is 1. The van der Waals surface area contributed by atoms with E-state index in [0.717, 1.165) is 42.4 Å². The highest BCUT2D eigenvalue weighted by Gasteiger charge is 2.56. The smallest absolute Gasteiger partial charge is 0.231 e. The van der Waals surface area contributed by atoms with Crippen LogP contribution in [0.1, 0.15) is 66.7 Å². The number of aromatic nitrogens is 6. The van der Waals surface area contributed by atoms with Crippen LogP contribution in [0.3, 0.4) is 0 Å². The lowest BCUT2D eigenvalue weighted by atomic mass is 9.53. The number of hydrogen-bond acceptors (Lipinski definition) is 9. The van der Waals surface area contributed by atoms with Gasteiger partial charge in [-0.3, -0.25) is 14.4 Å². The number of carbonyl (C=O) groups excluding carboxylic acids is 1. The van der Waals surface area contributed by atoms with Crippen molar-refractivity contribution in [2.75, 3.05) is 18.8 Å². The number of nitrogens with one attached hydrogen (secondary N) is 1. The van der Waals surface area contributed by atoms with Gasteiger partial charge in [0.1, 0.15) is 17.1 Å². The largest absolute Gasteiger partial charge is 0.508 e. The van der Waals surface area contributed by atoms with Crippen molar-refractivity contribution in [1.82, 2.24) is 35.1 Å². The van der Waals surface area contributed by atoms with Crippen molar-refractivity contribution in [2.24, 2.45) is 5.73 Å². The number of nitrogens with zero attached hydrogens (tertiary/aromatic N) is 6. The molecule has 1 unspecified atom stereocenters. The first kappa shape index (κ1) is 29.9. The summed E-state index contributed by atoms with van der Waals surface area (Å²) in [6.07, 6.45) is 7.93. The van der Waals surface area contributed by atoms with Gasteiger partial charge in [0, 0.05) is 29.6 Å². The van der Waals surface area contributed by atoms with Gasteiger partial charge in [0.05, 0.1) is 25.4 Å². The maximum atomic E-state index is 12.5. The molecule has 3 aromatic heterocycles. The third-order valence-electron chi connectivity index (χ3n) is 10.4. The van der Waals surface area contributed by atoms with E-state index in [4.69, 9.17) is 11.5 Å². The van der Waals surface area contributed by atoms with Gasteiger partial charge in [-0.1, -0.05) is 47.7 Å². The molecule has 8 rings (SSSR count). The fourth-order valence-electron chi connectivity index (χ4n) is 8.05. The molecule has 46 heavy (non-hydrogen) atoms. The molecule has 12 heteroatoms. The van der Waals surface area contributed by atoms with Crippen LogP contribution in [0.25, 0.3) is 11.2 Å². The summed E-state index contributed by atoms with van der Waals surface area (Å²) in [5.74, 6) is -0.0490. The number of rotatable bonds is 11. The van der Waals surface area contributed by atoms with Gasteiger partial charge in [0.2, 0.25) is 5.91 Å². The van der Waals surface area contributed by atoms with Gasteiger partial charge >= 0.3 is 0 Å². The topological polar surface area (TPSA) is 185 Å². The average Bonchev–Trinajstić information content (AvgIpc) is 3.71. The van der Waals surface area contributed by atoms with Crippen LogP contribution >= 0.6 is 0 Å². The highest BCUT2D eigenvalue weighted by atomic mass is 16.3. The van der Waals surface area contributed by atoms with Crippen LogP contribution in [0, 0.1) is 0 Å². The van der Waals surface area contributed by atoms with Gasteiger partial charge in [-0.15, -0.1) is 5.10 Å². The zero-order valence-corrected chi connectivity index (χ0v) is 25.6. The Morgan fingerprint density at radius 2 is 1.91 bits per heavy atom. The van der Waals surface area contributed by atoms with E-state index >= 15 is 0 Å². The van der Waals surface area contributed by atoms with Crippen LogP contribution in [0.5, 0.6) is 5.75 Å². The summed E-state index contributed by atoms with van der Waals surface area (Å²) in [4.78, 5) is 19.1. The summed E-state index contributed by atoms with van der Waals surface area (Å²) < 4.78 is 1.84. The van der Waals surface area contributed by atoms with Gasteiger partial charge in [0.15, 0.2) is 5.65 Å². The molecule has 3 saturated carbocycles. The number of aliphatic hydroxyl groups is 1. The zero-order valence-electron chi connectivity index (χ0n) is 25.6. The van der Waals surface area contributed by atoms with Gasteiger partial charge in [-0.05, 0) is 79.0 Å². The van der Waals surface area contributed by atoms with E-state index in [1.807, 2.05) is 53.5 Å². The van der Waals surface area contributed by atoms with Crippen LogP contribution in [0.2, 0.25) is 0 Å². The maximum absolute atomic E-state index is 12.5. The Morgan fingerprint density at radius 3 is 2.65 bits per heavy atom. The Hall–Kier alpha value is -4.81. The number of phenols is 1. The quantitative estimate of drug-likeness (QED) is 0.148. The Labute approximate surface area is 266 Å². The number of carbonyl (C=O) groups is 1. The molecule has 0 spiro atoms. The number of H-pyrrole nitrogens is 1. The maximum Gasteiger partial charge on any atom is 0.231 e. The van der Waals surface area contributed by atoms with Crippen LogP contribution < -0.4 is 11.5 Å². The molecule has 5 aromatic rings. The number of hydrogen-bond donors (Lipinski definition) is 5. The Balaban J connectivity index is 1.19. The molecule has 238 valence electrons. The molecular formula is C34H39N9O3. The van der Waals surface area contributed by atoms with Gasteiger partial charge in [-0.25, -0.2) is 10.1 Å². The van der Waals surface area contributed by atoms with E-state index in [9.17, 15) is 15.0 Å². The highest BCUT2D eigenvalue weighted by Crippen LogP contribution is 2.56. The first-order valence-corrected chi connectivity index (χ1v) is 15.8. The standard InChI is InChI=1S/C34H39N9O3/c35-29-16-27(31-32(38-29)40-41-39-31)26(23-18-37-43(20-23)19-22-5-4-8-25(44)15-22)9-14-42(21-30(36)46)33-10-12-34(13-11-33,28(45)17-33)24-6-2-1-3-7-24/h1-8,15-16,18,20,26,28,44-45H,9-14,17,19,21H2,(H2,36,46)(H3,35,38,39,40,41)/t26?,28-,33?,34?/m1/s1. The summed E-state index contributed by atoms with van der Waals surface area (Å²) in [7, 11) is 0. The zero-order chi connectivity index (χ0) is 31.9. The van der Waals surface area contributed by atoms with Crippen molar-refractivity contribution < 1.29 is 15.0 Å². The summed E-state index contributed by atoms with van der Waals surface area (Å²) >= 11 is 0. The Bertz CT molecular complexity index is 1850. The van der Waals surface area contributed by atoms with E-state index in [-0.39, 0.29) is 29.2 Å². The predicted octanol–water partition coefficient (Wildman–Crippen LogP) is 3.21. The third-order valence-corrected chi connectivity index (χ3v) is 10.4. The summed E-state index contributed by atoms with van der Waals surface area (Å²) in [6, 6.07) is 19.3. The molecule has 0 saturated heterocycles. The van der Waals surface area contributed by atoms with Crippen molar-refractivity contribution in [3.63, 3.8) is 0 Å². The van der Waals surface area contributed by atoms with Crippen LogP contribution in [0.15, 0.2) is 73.1 Å². The van der Waals surface area contributed by atoms with Crippen molar-refractivity contribution in [1.29, 1.82) is 0 Å². The number of primary amides is 1. The molecule has 3 fully saturated rings. The molecule has 3 aliphatic carbocycles. The number of aromatic hydroxyl groups is 1. The molecule has 2 atom stereocenters. The second kappa shape index (κ2) is 11.8. The fraction of sp³-hybridized carbons (Fsp3) is 0.382. The second-order valence-electron chi connectivity index (χ2n) is 13.0. The minimum atomic E-state index is -0.519. The van der Waals surface area contributed by atoms with Crippen molar-refractivity contribution >= 4 is 22.9 Å². The number of anilines is 1. The lowest BCUT2D eigenvalue weighted by Crippen LogP contribution is -2.64. The summed E-state index contributed by atoms with van der Waals surface area (Å²) in [5, 5.41) is 37.4. The van der Waals surface area contributed by atoms with E-state index in [2.05, 4.69) is 42.5 Å². The fourth-order valence-corrected chi connectivity index (χ4v) is 8.05. The number of nitrogen functional groups attached to an aromatic ring is 1. The summed E-state index contributed by atoms with van der Waals surface area (Å²) in [6.45, 7) is 1.14. The summed E-state index contributed by atoms with van der Waals surface area (Å²) in [5.41, 5.74) is 16.5. The Morgan fingerprint density at radius 1 is 1.11 bits per heavy atom. The minimum absolute atomic E-state index is 0.104. The first-order chi connectivity index (χ1) is 22.2. The van der Waals surface area contributed by atoms with Crippen LogP contribution in [-0.4, -0.2) is 75.9 Å². The lowest BCUT2D eigenvalue weighted by Gasteiger charge is -2.60. The van der Waals surface area contributed by atoms with E-state index < -0.39 is 12.0 Å². The molecule has 7 N–H and O–H groups in total. The number of fused-ring (bicyclic) bond motifs is 4.